The molecule has 7 nitrogen and oxygen atoms in total. The van der Waals surface area contributed by atoms with Crippen LogP contribution in [0.15, 0.2) is 36.4 Å². The van der Waals surface area contributed by atoms with Crippen molar-refractivity contribution in [1.82, 2.24) is 5.32 Å². The Hall–Kier alpha value is -2.02. The van der Waals surface area contributed by atoms with Crippen molar-refractivity contribution < 1.29 is 32.5 Å². The molecule has 0 bridgehead atoms. The number of fused-ring (bicyclic) bond motifs is 1. The number of hydrogen-bond acceptors (Lipinski definition) is 6. The van der Waals surface area contributed by atoms with Crippen LogP contribution in [0.3, 0.4) is 0 Å². The minimum Gasteiger partial charge on any atom is -0.488 e. The Kier molecular flexibility index (Phi) is 13.7. The maximum absolute atomic E-state index is 12.4. The van der Waals surface area contributed by atoms with Gasteiger partial charge in [-0.2, -0.15) is 13.2 Å². The molecule has 0 saturated heterocycles. The molecular formula is C25H34Br2F3N3O4. The van der Waals surface area contributed by atoms with Gasteiger partial charge in [0.1, 0.15) is 6.61 Å². The number of nitrogens with zero attached hydrogens (tertiary/aromatic N) is 1. The summed E-state index contributed by atoms with van der Waals surface area (Å²) in [5, 5.41) is 12.5. The number of nitrogens with two attached hydrogens (primary N) is 1. The van der Waals surface area contributed by atoms with Gasteiger partial charge >= 0.3 is 6.18 Å². The van der Waals surface area contributed by atoms with Gasteiger partial charge in [0.25, 0.3) is 5.91 Å². The Morgan fingerprint density at radius 3 is 2.49 bits per heavy atom. The number of para-hydroxylation sites is 2. The van der Waals surface area contributed by atoms with Crippen molar-refractivity contribution in [3.8, 4) is 11.5 Å². The number of benzene rings is 2. The number of halogens is 5. The van der Waals surface area contributed by atoms with Crippen LogP contribution >= 0.6 is 34.0 Å². The Morgan fingerprint density at radius 1 is 1.19 bits per heavy atom. The van der Waals surface area contributed by atoms with Gasteiger partial charge in [0, 0.05) is 32.3 Å². The van der Waals surface area contributed by atoms with Gasteiger partial charge in [-0.25, -0.2) is 0 Å². The van der Waals surface area contributed by atoms with Crippen molar-refractivity contribution in [1.29, 1.82) is 0 Å². The van der Waals surface area contributed by atoms with Crippen LogP contribution in [0.5, 0.6) is 11.5 Å². The molecule has 12 heteroatoms. The second kappa shape index (κ2) is 15.4. The van der Waals surface area contributed by atoms with E-state index < -0.39 is 18.7 Å². The molecule has 0 saturated carbocycles. The Bertz CT molecular complexity index is 1010. The summed E-state index contributed by atoms with van der Waals surface area (Å²) in [6.07, 6.45) is -2.31. The summed E-state index contributed by atoms with van der Waals surface area (Å²) >= 11 is 0. The average molecular weight is 657 g/mol. The number of alkyl halides is 3. The number of aliphatic hydroxyl groups is 1. The first-order chi connectivity index (χ1) is 16.7. The molecule has 1 aliphatic rings. The molecule has 0 aliphatic carbocycles. The molecule has 37 heavy (non-hydrogen) atoms. The van der Waals surface area contributed by atoms with Crippen molar-refractivity contribution in [2.75, 3.05) is 44.4 Å². The average Bonchev–Trinajstić information content (AvgIpc) is 3.21. The normalized spacial score (nSPS) is 13.3. The van der Waals surface area contributed by atoms with Crippen LogP contribution in [0.2, 0.25) is 0 Å². The molecule has 2 aromatic carbocycles. The van der Waals surface area contributed by atoms with Gasteiger partial charge in [-0.3, -0.25) is 4.79 Å². The number of primary amides is 1. The van der Waals surface area contributed by atoms with E-state index in [1.165, 1.54) is 6.07 Å². The predicted molar refractivity (Wildman–Crippen MR) is 148 cm³/mol. The van der Waals surface area contributed by atoms with Gasteiger partial charge in [-0.05, 0) is 55.5 Å². The lowest BCUT2D eigenvalue weighted by molar-refractivity contribution is -0.153. The number of nitrogens with one attached hydrogen (secondary N) is 1. The molecule has 0 aromatic heterocycles. The van der Waals surface area contributed by atoms with Gasteiger partial charge < -0.3 is 30.5 Å². The van der Waals surface area contributed by atoms with E-state index in [0.717, 1.165) is 29.8 Å². The molecule has 0 unspecified atom stereocenters. The number of anilines is 1. The van der Waals surface area contributed by atoms with Crippen molar-refractivity contribution in [3.63, 3.8) is 0 Å². The Balaban J connectivity index is 0.00000342. The minimum atomic E-state index is -4.42. The zero-order valence-corrected chi connectivity index (χ0v) is 24.0. The van der Waals surface area contributed by atoms with E-state index in [1.807, 2.05) is 13.0 Å². The Labute approximate surface area is 236 Å². The van der Waals surface area contributed by atoms with Gasteiger partial charge in [-0.1, -0.05) is 18.2 Å². The SMILES string of the molecule is Br.Br.C[C@H](Cc1cc2c(c(C(N)=O)c1)N(CCCO)CC2)NCCOc1ccccc1OCC(F)(F)F. The lowest BCUT2D eigenvalue weighted by Crippen LogP contribution is -2.32. The van der Waals surface area contributed by atoms with Gasteiger partial charge in [0.05, 0.1) is 11.3 Å². The maximum atomic E-state index is 12.4. The van der Waals surface area contributed by atoms with Gasteiger partial charge in [-0.15, -0.1) is 34.0 Å². The third-order valence-electron chi connectivity index (χ3n) is 5.70. The van der Waals surface area contributed by atoms with Crippen LogP contribution in [0.4, 0.5) is 18.9 Å². The molecule has 1 heterocycles. The Morgan fingerprint density at radius 2 is 1.86 bits per heavy atom. The summed E-state index contributed by atoms with van der Waals surface area (Å²) in [6, 6.07) is 10.2. The van der Waals surface area contributed by atoms with Crippen LogP contribution in [0, 0.1) is 0 Å². The van der Waals surface area contributed by atoms with Crippen molar-refractivity contribution in [3.05, 3.63) is 53.1 Å². The highest BCUT2D eigenvalue weighted by molar-refractivity contribution is 8.93. The molecule has 208 valence electrons. The summed E-state index contributed by atoms with van der Waals surface area (Å²) < 4.78 is 47.8. The van der Waals surface area contributed by atoms with E-state index in [-0.39, 0.29) is 64.7 Å². The first-order valence-corrected chi connectivity index (χ1v) is 11.6. The minimum absolute atomic E-state index is 0. The van der Waals surface area contributed by atoms with Crippen LogP contribution < -0.4 is 25.4 Å². The third kappa shape index (κ3) is 9.99. The van der Waals surface area contributed by atoms with Crippen molar-refractivity contribution in [2.45, 2.75) is 38.4 Å². The smallest absolute Gasteiger partial charge is 0.422 e. The summed E-state index contributed by atoms with van der Waals surface area (Å²) in [5.41, 5.74) is 9.12. The van der Waals surface area contributed by atoms with Crippen LogP contribution in [-0.4, -0.2) is 62.7 Å². The van der Waals surface area contributed by atoms with E-state index in [0.29, 0.717) is 31.5 Å². The zero-order chi connectivity index (χ0) is 25.4. The van der Waals surface area contributed by atoms with Crippen molar-refractivity contribution >= 4 is 45.6 Å². The quantitative estimate of drug-likeness (QED) is 0.280. The van der Waals surface area contributed by atoms with E-state index in [1.54, 1.807) is 18.2 Å². The van der Waals surface area contributed by atoms with E-state index in [2.05, 4.69) is 16.3 Å². The van der Waals surface area contributed by atoms with E-state index in [4.69, 9.17) is 20.3 Å². The number of carbonyl (C=O) groups is 1. The number of ether oxygens (including phenoxy) is 2. The fraction of sp³-hybridized carbons (Fsp3) is 0.480. The largest absolute Gasteiger partial charge is 0.488 e. The molecule has 3 rings (SSSR count). The van der Waals surface area contributed by atoms with Gasteiger partial charge in [0.2, 0.25) is 0 Å². The highest BCUT2D eigenvalue weighted by Crippen LogP contribution is 2.33. The topological polar surface area (TPSA) is 97.1 Å². The highest BCUT2D eigenvalue weighted by Gasteiger charge is 2.29. The fourth-order valence-electron chi connectivity index (χ4n) is 4.22. The zero-order valence-electron chi connectivity index (χ0n) is 20.6. The number of rotatable bonds is 13. The second-order valence-electron chi connectivity index (χ2n) is 8.59. The molecule has 1 atom stereocenters. The van der Waals surface area contributed by atoms with E-state index in [9.17, 15) is 18.0 Å². The molecule has 4 N–H and O–H groups in total. The summed E-state index contributed by atoms with van der Waals surface area (Å²) in [6.45, 7) is 2.89. The third-order valence-corrected chi connectivity index (χ3v) is 5.70. The van der Waals surface area contributed by atoms with Gasteiger partial charge in [0.15, 0.2) is 18.1 Å². The fourth-order valence-corrected chi connectivity index (χ4v) is 4.22. The molecule has 2 aromatic rings. The summed E-state index contributed by atoms with van der Waals surface area (Å²) in [7, 11) is 0. The molecule has 1 aliphatic heterocycles. The van der Waals surface area contributed by atoms with Crippen LogP contribution in [-0.2, 0) is 12.8 Å². The van der Waals surface area contributed by atoms with E-state index >= 15 is 0 Å². The first-order valence-electron chi connectivity index (χ1n) is 11.6. The lowest BCUT2D eigenvalue weighted by Gasteiger charge is -2.22. The molecule has 1 amide bonds. The number of hydrogen-bond donors (Lipinski definition) is 3. The molecular weight excluding hydrogens is 623 g/mol. The van der Waals surface area contributed by atoms with Crippen LogP contribution in [0.25, 0.3) is 0 Å². The lowest BCUT2D eigenvalue weighted by atomic mass is 9.98. The monoisotopic (exact) mass is 655 g/mol. The maximum Gasteiger partial charge on any atom is 0.422 e. The number of amides is 1. The number of carbonyl (C=O) groups excluding carboxylic acids is 1. The van der Waals surface area contributed by atoms with Crippen molar-refractivity contribution in [2.24, 2.45) is 5.73 Å². The molecule has 0 fully saturated rings. The highest BCUT2D eigenvalue weighted by atomic mass is 79.9. The number of aliphatic hydroxyl groups excluding tert-OH is 1. The second-order valence-corrected chi connectivity index (χ2v) is 8.59. The first kappa shape index (κ1) is 33.0. The van der Waals surface area contributed by atoms with Crippen LogP contribution in [0.1, 0.15) is 34.8 Å². The predicted octanol–water partition coefficient (Wildman–Crippen LogP) is 4.23. The molecule has 0 radical (unpaired) electrons. The summed E-state index contributed by atoms with van der Waals surface area (Å²) in [5.74, 6) is -0.177. The molecule has 0 spiro atoms. The summed E-state index contributed by atoms with van der Waals surface area (Å²) in [4.78, 5) is 14.2. The standard InChI is InChI=1S/C25H32F3N3O4.2BrH/c1-17(30-8-12-34-21-5-2-3-6-22(21)35-16-25(26,27)28)13-18-14-19-7-10-31(9-4-11-32)23(19)20(15-18)24(29)33;;/h2-3,5-6,14-15,17,30,32H,4,7-13,16H2,1H3,(H2,29,33);2*1H/t17-;;/m1../s1.